The lowest BCUT2D eigenvalue weighted by Gasteiger charge is -2.14. The highest BCUT2D eigenvalue weighted by Gasteiger charge is 2.19. The molecular weight excluding hydrogens is 366 g/mol. The summed E-state index contributed by atoms with van der Waals surface area (Å²) in [6.07, 6.45) is 5.62. The number of aryl methyl sites for hydroxylation is 1. The van der Waals surface area contributed by atoms with Crippen LogP contribution < -0.4 is 5.32 Å². The number of carbonyl (C=O) groups excluding carboxylic acids is 2. The van der Waals surface area contributed by atoms with Crippen LogP contribution in [-0.2, 0) is 14.3 Å². The van der Waals surface area contributed by atoms with Crippen LogP contribution in [0.5, 0.6) is 0 Å². The van der Waals surface area contributed by atoms with Gasteiger partial charge in [0.15, 0.2) is 0 Å². The van der Waals surface area contributed by atoms with Crippen molar-refractivity contribution in [2.45, 2.75) is 19.4 Å². The van der Waals surface area contributed by atoms with Crippen LogP contribution in [-0.4, -0.2) is 37.0 Å². The molecule has 1 amide bonds. The molecule has 0 aliphatic heterocycles. The van der Waals surface area contributed by atoms with Crippen molar-refractivity contribution in [3.05, 3.63) is 39.9 Å². The molecule has 0 aliphatic rings. The van der Waals surface area contributed by atoms with Gasteiger partial charge in [0, 0.05) is 10.5 Å². The molecule has 0 aromatic heterocycles. The number of hydrogen-bond donors (Lipinski definition) is 1. The zero-order chi connectivity index (χ0) is 16.5. The van der Waals surface area contributed by atoms with Crippen molar-refractivity contribution in [3.8, 4) is 0 Å². The summed E-state index contributed by atoms with van der Waals surface area (Å²) in [4.78, 5) is 23.6. The molecule has 0 radical (unpaired) electrons. The molecule has 1 aromatic rings. The van der Waals surface area contributed by atoms with Crippen LogP contribution >= 0.6 is 27.7 Å². The van der Waals surface area contributed by atoms with Gasteiger partial charge >= 0.3 is 5.97 Å². The van der Waals surface area contributed by atoms with Crippen molar-refractivity contribution in [2.24, 2.45) is 0 Å². The van der Waals surface area contributed by atoms with E-state index in [9.17, 15) is 9.59 Å². The topological polar surface area (TPSA) is 55.4 Å². The van der Waals surface area contributed by atoms with Crippen LogP contribution in [0, 0.1) is 6.92 Å². The first-order valence-corrected chi connectivity index (χ1v) is 8.98. The molecule has 0 unspecified atom stereocenters. The van der Waals surface area contributed by atoms with Gasteiger partial charge in [-0.3, -0.25) is 4.79 Å². The molecule has 1 atom stereocenters. The molecule has 1 rings (SSSR count). The monoisotopic (exact) mass is 385 g/mol. The number of nitrogens with one attached hydrogen (secondary N) is 1. The van der Waals surface area contributed by atoms with Gasteiger partial charge in [-0.25, -0.2) is 4.79 Å². The Kier molecular flexibility index (Phi) is 8.27. The molecule has 1 aromatic carbocycles. The Hall–Kier alpha value is -1.27. The van der Waals surface area contributed by atoms with Gasteiger partial charge in [-0.1, -0.05) is 28.1 Å². The maximum atomic E-state index is 12.0. The van der Waals surface area contributed by atoms with E-state index in [2.05, 4.69) is 21.2 Å². The quantitative estimate of drug-likeness (QED) is 0.578. The van der Waals surface area contributed by atoms with Gasteiger partial charge in [0.05, 0.1) is 7.11 Å². The van der Waals surface area contributed by atoms with E-state index in [1.54, 1.807) is 17.8 Å². The fraction of sp³-hybridized carbons (Fsp3) is 0.375. The van der Waals surface area contributed by atoms with Crippen molar-refractivity contribution in [1.82, 2.24) is 5.32 Å². The van der Waals surface area contributed by atoms with E-state index in [-0.39, 0.29) is 5.91 Å². The highest BCUT2D eigenvalue weighted by atomic mass is 79.9. The molecular formula is C16H20BrNO3S. The number of esters is 1. The number of rotatable bonds is 7. The first kappa shape index (κ1) is 18.8. The zero-order valence-electron chi connectivity index (χ0n) is 12.9. The summed E-state index contributed by atoms with van der Waals surface area (Å²) >= 11 is 5.07. The van der Waals surface area contributed by atoms with Gasteiger partial charge in [0.1, 0.15) is 6.04 Å². The second-order valence-corrected chi connectivity index (χ2v) is 6.56. The van der Waals surface area contributed by atoms with E-state index in [0.29, 0.717) is 6.42 Å². The fourth-order valence-corrected chi connectivity index (χ4v) is 2.88. The van der Waals surface area contributed by atoms with Crippen LogP contribution in [0.15, 0.2) is 28.7 Å². The SMILES string of the molecule is COC(=O)[C@H](CCSC)NC(=O)/C=C/c1ccc(C)cc1Br. The lowest BCUT2D eigenvalue weighted by atomic mass is 10.1. The Morgan fingerprint density at radius 1 is 1.45 bits per heavy atom. The maximum Gasteiger partial charge on any atom is 0.328 e. The average Bonchev–Trinajstić information content (AvgIpc) is 2.49. The highest BCUT2D eigenvalue weighted by Crippen LogP contribution is 2.19. The van der Waals surface area contributed by atoms with Crippen molar-refractivity contribution in [3.63, 3.8) is 0 Å². The van der Waals surface area contributed by atoms with E-state index in [1.807, 2.05) is 31.4 Å². The van der Waals surface area contributed by atoms with E-state index >= 15 is 0 Å². The smallest absolute Gasteiger partial charge is 0.328 e. The van der Waals surface area contributed by atoms with E-state index in [0.717, 1.165) is 21.4 Å². The molecule has 0 saturated carbocycles. The Balaban J connectivity index is 2.69. The number of hydrogen-bond acceptors (Lipinski definition) is 4. The molecule has 0 fully saturated rings. The van der Waals surface area contributed by atoms with E-state index < -0.39 is 12.0 Å². The second kappa shape index (κ2) is 9.69. The van der Waals surface area contributed by atoms with Gasteiger partial charge in [-0.2, -0.15) is 11.8 Å². The Morgan fingerprint density at radius 2 is 2.18 bits per heavy atom. The number of benzene rings is 1. The number of carbonyl (C=O) groups is 2. The Morgan fingerprint density at radius 3 is 2.77 bits per heavy atom. The van der Waals surface area contributed by atoms with Crippen molar-refractivity contribution < 1.29 is 14.3 Å². The average molecular weight is 386 g/mol. The fourth-order valence-electron chi connectivity index (χ4n) is 1.78. The first-order valence-electron chi connectivity index (χ1n) is 6.79. The molecule has 1 N–H and O–H groups in total. The highest BCUT2D eigenvalue weighted by molar-refractivity contribution is 9.10. The second-order valence-electron chi connectivity index (χ2n) is 4.72. The number of halogens is 1. The number of methoxy groups -OCH3 is 1. The summed E-state index contributed by atoms with van der Waals surface area (Å²) in [5, 5.41) is 2.67. The first-order chi connectivity index (χ1) is 10.5. The predicted molar refractivity (Wildman–Crippen MR) is 94.9 cm³/mol. The number of amides is 1. The molecule has 4 nitrogen and oxygen atoms in total. The standard InChI is InChI=1S/C16H20BrNO3S/c1-11-4-5-12(13(17)10-11)6-7-15(19)18-14(8-9-22-3)16(20)21-2/h4-7,10,14H,8-9H2,1-3H3,(H,18,19)/b7-6+/t14-/m0/s1. The Labute approximate surface area is 143 Å². The van der Waals surface area contributed by atoms with E-state index in [4.69, 9.17) is 4.74 Å². The summed E-state index contributed by atoms with van der Waals surface area (Å²) in [5.74, 6) is 0.0316. The molecule has 0 aliphatic carbocycles. The summed E-state index contributed by atoms with van der Waals surface area (Å²) < 4.78 is 5.63. The number of thioether (sulfide) groups is 1. The van der Waals surface area contributed by atoms with Gasteiger partial charge in [-0.15, -0.1) is 0 Å². The van der Waals surface area contributed by atoms with Crippen molar-refractivity contribution in [1.29, 1.82) is 0 Å². The molecule has 0 bridgehead atoms. The lowest BCUT2D eigenvalue weighted by Crippen LogP contribution is -2.41. The van der Waals surface area contributed by atoms with Crippen LogP contribution in [0.2, 0.25) is 0 Å². The summed E-state index contributed by atoms with van der Waals surface area (Å²) in [6, 6.07) is 5.26. The molecule has 0 saturated heterocycles. The van der Waals surface area contributed by atoms with E-state index in [1.165, 1.54) is 13.2 Å². The summed E-state index contributed by atoms with van der Waals surface area (Å²) in [7, 11) is 1.32. The predicted octanol–water partition coefficient (Wildman–Crippen LogP) is 3.18. The molecule has 6 heteroatoms. The zero-order valence-corrected chi connectivity index (χ0v) is 15.3. The third-order valence-corrected chi connectivity index (χ3v) is 4.31. The van der Waals surface area contributed by atoms with Crippen molar-refractivity contribution in [2.75, 3.05) is 19.1 Å². The minimum atomic E-state index is -0.615. The summed E-state index contributed by atoms with van der Waals surface area (Å²) in [5.41, 5.74) is 2.04. The largest absolute Gasteiger partial charge is 0.467 e. The normalized spacial score (nSPS) is 12.2. The minimum Gasteiger partial charge on any atom is -0.467 e. The van der Waals surface area contributed by atoms with Gasteiger partial charge in [0.2, 0.25) is 5.91 Å². The van der Waals surface area contributed by atoms with Crippen LogP contribution in [0.25, 0.3) is 6.08 Å². The lowest BCUT2D eigenvalue weighted by molar-refractivity contribution is -0.144. The Bertz CT molecular complexity index is 560. The van der Waals surface area contributed by atoms with Gasteiger partial charge < -0.3 is 10.1 Å². The minimum absolute atomic E-state index is 0.316. The van der Waals surface area contributed by atoms with Crippen LogP contribution in [0.4, 0.5) is 0 Å². The van der Waals surface area contributed by atoms with Crippen LogP contribution in [0.3, 0.4) is 0 Å². The summed E-state index contributed by atoms with van der Waals surface area (Å²) in [6.45, 7) is 2.00. The molecule has 0 spiro atoms. The van der Waals surface area contributed by atoms with Gasteiger partial charge in [0.25, 0.3) is 0 Å². The maximum absolute atomic E-state index is 12.0. The third kappa shape index (κ3) is 6.23. The molecule has 120 valence electrons. The van der Waals surface area contributed by atoms with Crippen molar-refractivity contribution >= 4 is 45.6 Å². The number of ether oxygens (including phenoxy) is 1. The molecule has 0 heterocycles. The van der Waals surface area contributed by atoms with Gasteiger partial charge in [-0.05, 0) is 48.6 Å². The molecule has 22 heavy (non-hydrogen) atoms. The third-order valence-electron chi connectivity index (χ3n) is 2.98. The van der Waals surface area contributed by atoms with Crippen LogP contribution in [0.1, 0.15) is 17.5 Å².